The molecule has 6 nitrogen and oxygen atoms in total. The molecule has 0 radical (unpaired) electrons. The first-order chi connectivity index (χ1) is 15.1. The van der Waals surface area contributed by atoms with Gasteiger partial charge in [-0.1, -0.05) is 6.07 Å². The van der Waals surface area contributed by atoms with Crippen molar-refractivity contribution in [3.05, 3.63) is 88.0 Å². The van der Waals surface area contributed by atoms with Crippen LogP contribution in [-0.4, -0.2) is 20.7 Å². The molecule has 0 saturated heterocycles. The van der Waals surface area contributed by atoms with Crippen LogP contribution in [0.5, 0.6) is 5.75 Å². The molecule has 0 saturated carbocycles. The monoisotopic (exact) mass is 454 g/mol. The van der Waals surface area contributed by atoms with Gasteiger partial charge in [0.2, 0.25) is 0 Å². The second-order valence-corrected chi connectivity index (χ2v) is 7.79. The van der Waals surface area contributed by atoms with Crippen molar-refractivity contribution < 1.29 is 9.13 Å². The summed E-state index contributed by atoms with van der Waals surface area (Å²) >= 11 is 0. The molecule has 1 aliphatic rings. The number of nitrogens with zero attached hydrogens (tertiary/aromatic N) is 3. The van der Waals surface area contributed by atoms with Crippen LogP contribution >= 0.6 is 12.4 Å². The molecule has 1 aromatic carbocycles. The number of fused-ring (bicyclic) bond motifs is 3. The molecule has 1 aliphatic heterocycles. The van der Waals surface area contributed by atoms with Gasteiger partial charge in [0.25, 0.3) is 5.56 Å². The van der Waals surface area contributed by atoms with Crippen LogP contribution in [0.3, 0.4) is 0 Å². The third-order valence-electron chi connectivity index (χ3n) is 5.83. The minimum atomic E-state index is -0.394. The number of halogens is 2. The number of rotatable bonds is 4. The maximum absolute atomic E-state index is 13.0. The molecule has 0 bridgehead atoms. The van der Waals surface area contributed by atoms with Crippen LogP contribution < -0.4 is 15.6 Å². The van der Waals surface area contributed by atoms with Crippen molar-refractivity contribution in [1.29, 1.82) is 0 Å². The lowest BCUT2D eigenvalue weighted by atomic mass is 10.1. The number of hydrogen-bond acceptors (Lipinski definition) is 4. The van der Waals surface area contributed by atoms with Gasteiger partial charge < -0.3 is 14.6 Å². The zero-order chi connectivity index (χ0) is 21.4. The molecule has 1 N–H and O–H groups in total. The molecular formula is C24H24ClFN4O2. The first-order valence-corrected chi connectivity index (χ1v) is 10.4. The van der Waals surface area contributed by atoms with E-state index in [9.17, 15) is 9.18 Å². The average Bonchev–Trinajstić information content (AvgIpc) is 2.93. The molecule has 5 rings (SSSR count). The summed E-state index contributed by atoms with van der Waals surface area (Å²) < 4.78 is 22.5. The molecule has 166 valence electrons. The fourth-order valence-electron chi connectivity index (χ4n) is 4.23. The van der Waals surface area contributed by atoms with E-state index in [4.69, 9.17) is 4.74 Å². The largest absolute Gasteiger partial charge is 0.487 e. The molecule has 0 spiro atoms. The van der Waals surface area contributed by atoms with Crippen molar-refractivity contribution in [2.75, 3.05) is 6.54 Å². The summed E-state index contributed by atoms with van der Waals surface area (Å²) in [5, 5.41) is 4.72. The number of pyridine rings is 2. The van der Waals surface area contributed by atoms with Gasteiger partial charge in [0, 0.05) is 36.9 Å². The summed E-state index contributed by atoms with van der Waals surface area (Å²) in [6, 6.07) is 12.2. The summed E-state index contributed by atoms with van der Waals surface area (Å²) in [6.45, 7) is 2.08. The van der Waals surface area contributed by atoms with Gasteiger partial charge in [-0.05, 0) is 55.3 Å². The predicted octanol–water partition coefficient (Wildman–Crippen LogP) is 3.90. The molecule has 0 fully saturated rings. The predicted molar refractivity (Wildman–Crippen MR) is 124 cm³/mol. The molecule has 4 aromatic rings. The van der Waals surface area contributed by atoms with Crippen molar-refractivity contribution in [3.63, 3.8) is 0 Å². The number of ether oxygens (including phenoxy) is 1. The Morgan fingerprint density at radius 3 is 2.84 bits per heavy atom. The Bertz CT molecular complexity index is 1310. The number of aryl methyl sites for hydroxylation is 1. The molecule has 0 atom stereocenters. The molecule has 0 amide bonds. The smallest absolute Gasteiger partial charge is 0.258 e. The van der Waals surface area contributed by atoms with E-state index in [1.54, 1.807) is 22.9 Å². The van der Waals surface area contributed by atoms with Crippen molar-refractivity contribution >= 4 is 23.3 Å². The Morgan fingerprint density at radius 2 is 2.06 bits per heavy atom. The van der Waals surface area contributed by atoms with Gasteiger partial charge in [0.05, 0.1) is 23.1 Å². The maximum Gasteiger partial charge on any atom is 0.258 e. The summed E-state index contributed by atoms with van der Waals surface area (Å²) in [6.07, 6.45) is 5.04. The lowest BCUT2D eigenvalue weighted by molar-refractivity contribution is 0.300. The number of nitrogens with one attached hydrogen (secondary N) is 1. The van der Waals surface area contributed by atoms with E-state index in [0.29, 0.717) is 11.4 Å². The summed E-state index contributed by atoms with van der Waals surface area (Å²) in [5.41, 5.74) is 5.07. The third-order valence-corrected chi connectivity index (χ3v) is 5.83. The topological polar surface area (TPSA) is 61.1 Å². The SMILES string of the molecule is Cl.Cn1c2c(c3ccc(-n4ccc(OCc5ccc(F)cn5)cc4=O)cc31)CNCCC2. The Hall–Kier alpha value is -3.16. The Morgan fingerprint density at radius 1 is 1.19 bits per heavy atom. The fraction of sp³-hybridized carbons (Fsp3) is 0.250. The highest BCUT2D eigenvalue weighted by Gasteiger charge is 2.17. The standard InChI is InChI=1S/C24H23FN4O2.ClH/c1-28-22-3-2-9-26-14-21(22)20-7-6-18(11-23(20)28)29-10-8-19(12-24(29)30)31-15-17-5-4-16(25)13-27-17;/h4-8,10-13,26H,2-3,9,14-15H2,1H3;1H. The third kappa shape index (κ3) is 4.13. The number of aromatic nitrogens is 3. The normalized spacial score (nSPS) is 13.3. The minimum Gasteiger partial charge on any atom is -0.487 e. The van der Waals surface area contributed by atoms with Crippen LogP contribution in [0.25, 0.3) is 16.6 Å². The lowest BCUT2D eigenvalue weighted by Gasteiger charge is -2.10. The Kier molecular flexibility index (Phi) is 6.30. The van der Waals surface area contributed by atoms with E-state index in [0.717, 1.165) is 43.3 Å². The Balaban J connectivity index is 0.00000245. The summed E-state index contributed by atoms with van der Waals surface area (Å²) in [7, 11) is 2.10. The summed E-state index contributed by atoms with van der Waals surface area (Å²) in [4.78, 5) is 16.7. The van der Waals surface area contributed by atoms with Crippen LogP contribution in [0.4, 0.5) is 4.39 Å². The van der Waals surface area contributed by atoms with E-state index in [-0.39, 0.29) is 24.6 Å². The van der Waals surface area contributed by atoms with Crippen molar-refractivity contribution in [3.8, 4) is 11.4 Å². The second-order valence-electron chi connectivity index (χ2n) is 7.79. The van der Waals surface area contributed by atoms with E-state index in [2.05, 4.69) is 34.0 Å². The van der Waals surface area contributed by atoms with Gasteiger partial charge in [-0.2, -0.15) is 0 Å². The average molecular weight is 455 g/mol. The van der Waals surface area contributed by atoms with Gasteiger partial charge >= 0.3 is 0 Å². The quantitative estimate of drug-likeness (QED) is 0.508. The number of benzene rings is 1. The zero-order valence-corrected chi connectivity index (χ0v) is 18.5. The van der Waals surface area contributed by atoms with Crippen molar-refractivity contribution in [2.45, 2.75) is 26.0 Å². The summed E-state index contributed by atoms with van der Waals surface area (Å²) in [5.74, 6) is 0.0549. The van der Waals surface area contributed by atoms with Gasteiger partial charge in [0.1, 0.15) is 18.2 Å². The molecular weight excluding hydrogens is 431 g/mol. The number of hydrogen-bond donors (Lipinski definition) is 1. The lowest BCUT2D eigenvalue weighted by Crippen LogP contribution is -2.17. The van der Waals surface area contributed by atoms with Gasteiger partial charge in [0.15, 0.2) is 0 Å². The van der Waals surface area contributed by atoms with Crippen LogP contribution in [0, 0.1) is 5.82 Å². The van der Waals surface area contributed by atoms with Crippen molar-refractivity contribution in [2.24, 2.45) is 7.05 Å². The van der Waals surface area contributed by atoms with Crippen LogP contribution in [-0.2, 0) is 26.6 Å². The molecule has 8 heteroatoms. The highest BCUT2D eigenvalue weighted by molar-refractivity contribution is 5.87. The van der Waals surface area contributed by atoms with Gasteiger partial charge in [-0.25, -0.2) is 4.39 Å². The second kappa shape index (κ2) is 9.14. The van der Waals surface area contributed by atoms with Gasteiger partial charge in [-0.15, -0.1) is 12.4 Å². The van der Waals surface area contributed by atoms with E-state index < -0.39 is 5.82 Å². The minimum absolute atomic E-state index is 0. The molecule has 0 aliphatic carbocycles. The Labute approximate surface area is 191 Å². The van der Waals surface area contributed by atoms with Crippen molar-refractivity contribution in [1.82, 2.24) is 19.4 Å². The van der Waals surface area contributed by atoms with E-state index >= 15 is 0 Å². The van der Waals surface area contributed by atoms with Crippen LogP contribution in [0.1, 0.15) is 23.4 Å². The highest BCUT2D eigenvalue weighted by Crippen LogP contribution is 2.29. The first kappa shape index (κ1) is 22.0. The zero-order valence-electron chi connectivity index (χ0n) is 17.7. The molecule has 3 aromatic heterocycles. The van der Waals surface area contributed by atoms with Crippen LogP contribution in [0.15, 0.2) is 59.7 Å². The van der Waals surface area contributed by atoms with Gasteiger partial charge in [-0.3, -0.25) is 14.3 Å². The van der Waals surface area contributed by atoms with E-state index in [1.165, 1.54) is 28.8 Å². The maximum atomic E-state index is 13.0. The highest BCUT2D eigenvalue weighted by atomic mass is 35.5. The molecule has 4 heterocycles. The van der Waals surface area contributed by atoms with Crippen LogP contribution in [0.2, 0.25) is 0 Å². The molecule has 0 unspecified atom stereocenters. The molecule has 32 heavy (non-hydrogen) atoms. The van der Waals surface area contributed by atoms with E-state index in [1.807, 2.05) is 6.07 Å². The first-order valence-electron chi connectivity index (χ1n) is 10.4. The fourth-order valence-corrected chi connectivity index (χ4v) is 4.23.